The van der Waals surface area contributed by atoms with E-state index in [-0.39, 0.29) is 13.1 Å². The first kappa shape index (κ1) is 15.5. The second-order valence-electron chi connectivity index (χ2n) is 4.72. The van der Waals surface area contributed by atoms with Gasteiger partial charge >= 0.3 is 18.0 Å². The highest BCUT2D eigenvalue weighted by molar-refractivity contribution is 5.99. The van der Waals surface area contributed by atoms with Crippen molar-refractivity contribution >= 4 is 24.4 Å². The van der Waals surface area contributed by atoms with Crippen molar-refractivity contribution in [2.24, 2.45) is 0 Å². The zero-order valence-electron chi connectivity index (χ0n) is 11.6. The van der Waals surface area contributed by atoms with Crippen LogP contribution in [-0.2, 0) is 9.59 Å². The average molecular weight is 305 g/mol. The molecule has 5 amide bonds. The quantitative estimate of drug-likeness (QED) is 0.800. The lowest BCUT2D eigenvalue weighted by atomic mass is 10.1. The molecule has 2 rings (SSSR count). The van der Waals surface area contributed by atoms with Gasteiger partial charge in [-0.2, -0.15) is 0 Å². The number of hydrogen-bond donors (Lipinski definition) is 2. The zero-order chi connectivity index (χ0) is 16.1. The molecule has 1 atom stereocenters. The van der Waals surface area contributed by atoms with Gasteiger partial charge in [-0.1, -0.05) is 30.3 Å². The molecule has 0 radical (unpaired) electrons. The Morgan fingerprint density at radius 1 is 1.23 bits per heavy atom. The summed E-state index contributed by atoms with van der Waals surface area (Å²) in [5, 5.41) is 11.6. The molecular formula is C14H15N3O5. The molecule has 8 heteroatoms. The Bertz CT molecular complexity index is 589. The highest BCUT2D eigenvalue weighted by atomic mass is 16.4. The van der Waals surface area contributed by atoms with Crippen LogP contribution < -0.4 is 5.32 Å². The van der Waals surface area contributed by atoms with Crippen LogP contribution in [0, 0.1) is 0 Å². The van der Waals surface area contributed by atoms with E-state index in [1.54, 1.807) is 30.3 Å². The third-order valence-electron chi connectivity index (χ3n) is 3.28. The molecule has 0 bridgehead atoms. The van der Waals surface area contributed by atoms with Gasteiger partial charge in [-0.05, 0) is 12.0 Å². The van der Waals surface area contributed by atoms with E-state index in [9.17, 15) is 24.3 Å². The molecule has 0 spiro atoms. The standard InChI is InChI=1S/C14H15N3O5/c18-9-16-7-4-8-17(14(16)22)13(21)15-11(12(19)20)10-5-2-1-3-6-10/h1-3,5-6,9,11H,4,7-8H2,(H,15,21)(H,19,20). The number of imide groups is 2. The molecule has 0 saturated carbocycles. The molecule has 1 aromatic carbocycles. The Balaban J connectivity index is 2.13. The first-order valence-electron chi connectivity index (χ1n) is 6.66. The SMILES string of the molecule is O=CN1CCCN(C(=O)NC(C(=O)O)c2ccccc2)C1=O. The van der Waals surface area contributed by atoms with Crippen LogP contribution in [0.15, 0.2) is 30.3 Å². The van der Waals surface area contributed by atoms with Crippen LogP contribution in [0.4, 0.5) is 9.59 Å². The van der Waals surface area contributed by atoms with Crippen molar-refractivity contribution in [1.29, 1.82) is 0 Å². The van der Waals surface area contributed by atoms with E-state index in [0.29, 0.717) is 18.4 Å². The second-order valence-corrected chi connectivity index (χ2v) is 4.72. The fourth-order valence-corrected chi connectivity index (χ4v) is 2.17. The number of aliphatic carboxylic acids is 1. The number of rotatable bonds is 4. The third-order valence-corrected chi connectivity index (χ3v) is 3.28. The molecule has 1 fully saturated rings. The smallest absolute Gasteiger partial charge is 0.334 e. The molecule has 2 N–H and O–H groups in total. The predicted molar refractivity (Wildman–Crippen MR) is 74.8 cm³/mol. The lowest BCUT2D eigenvalue weighted by Crippen LogP contribution is -2.55. The molecule has 1 aliphatic rings. The van der Waals surface area contributed by atoms with Gasteiger partial charge in [0.25, 0.3) is 0 Å². The van der Waals surface area contributed by atoms with Crippen molar-refractivity contribution in [1.82, 2.24) is 15.1 Å². The first-order valence-corrected chi connectivity index (χ1v) is 6.66. The van der Waals surface area contributed by atoms with E-state index in [1.165, 1.54) is 0 Å². The zero-order valence-corrected chi connectivity index (χ0v) is 11.6. The van der Waals surface area contributed by atoms with Crippen LogP contribution in [0.1, 0.15) is 18.0 Å². The van der Waals surface area contributed by atoms with Crippen LogP contribution in [0.3, 0.4) is 0 Å². The van der Waals surface area contributed by atoms with Crippen molar-refractivity contribution < 1.29 is 24.3 Å². The number of urea groups is 2. The summed E-state index contributed by atoms with van der Waals surface area (Å²) in [6, 6.07) is 5.29. The molecule has 0 aliphatic carbocycles. The van der Waals surface area contributed by atoms with E-state index < -0.39 is 24.1 Å². The predicted octanol–water partition coefficient (Wildman–Crippen LogP) is 0.806. The second kappa shape index (κ2) is 6.70. The molecule has 1 heterocycles. The summed E-state index contributed by atoms with van der Waals surface area (Å²) in [5.41, 5.74) is 0.389. The maximum Gasteiger partial charge on any atom is 0.334 e. The van der Waals surface area contributed by atoms with E-state index in [4.69, 9.17) is 0 Å². The number of hydrogen-bond acceptors (Lipinski definition) is 4. The number of carboxylic acids is 1. The Kier molecular flexibility index (Phi) is 4.72. The van der Waals surface area contributed by atoms with Gasteiger partial charge in [-0.15, -0.1) is 0 Å². The maximum atomic E-state index is 12.1. The molecule has 1 saturated heterocycles. The number of benzene rings is 1. The minimum atomic E-state index is -1.27. The van der Waals surface area contributed by atoms with Crippen molar-refractivity contribution in [2.45, 2.75) is 12.5 Å². The highest BCUT2D eigenvalue weighted by Crippen LogP contribution is 2.15. The third kappa shape index (κ3) is 3.22. The monoisotopic (exact) mass is 305 g/mol. The maximum absolute atomic E-state index is 12.1. The van der Waals surface area contributed by atoms with E-state index in [0.717, 1.165) is 9.80 Å². The molecule has 116 valence electrons. The Morgan fingerprint density at radius 2 is 1.91 bits per heavy atom. The summed E-state index contributed by atoms with van der Waals surface area (Å²) in [5.74, 6) is -1.24. The lowest BCUT2D eigenvalue weighted by molar-refractivity contribution is -0.139. The summed E-state index contributed by atoms with van der Waals surface area (Å²) < 4.78 is 0. The van der Waals surface area contributed by atoms with Crippen LogP contribution in [-0.4, -0.2) is 52.4 Å². The minimum absolute atomic E-state index is 0.135. The summed E-state index contributed by atoms with van der Waals surface area (Å²) in [4.78, 5) is 47.8. The summed E-state index contributed by atoms with van der Waals surface area (Å²) in [7, 11) is 0. The first-order chi connectivity index (χ1) is 10.5. The van der Waals surface area contributed by atoms with E-state index >= 15 is 0 Å². The Labute approximate surface area is 126 Å². The number of amides is 5. The normalized spacial score (nSPS) is 16.1. The largest absolute Gasteiger partial charge is 0.479 e. The summed E-state index contributed by atoms with van der Waals surface area (Å²) in [6.07, 6.45) is 0.800. The summed E-state index contributed by atoms with van der Waals surface area (Å²) in [6.45, 7) is 0.378. The fraction of sp³-hybridized carbons (Fsp3) is 0.286. The van der Waals surface area contributed by atoms with Gasteiger partial charge < -0.3 is 10.4 Å². The number of carbonyl (C=O) groups is 4. The molecule has 22 heavy (non-hydrogen) atoms. The molecule has 1 unspecified atom stereocenters. The minimum Gasteiger partial charge on any atom is -0.479 e. The molecule has 1 aliphatic heterocycles. The summed E-state index contributed by atoms with van der Waals surface area (Å²) >= 11 is 0. The Morgan fingerprint density at radius 3 is 2.50 bits per heavy atom. The number of nitrogens with zero attached hydrogens (tertiary/aromatic N) is 2. The highest BCUT2D eigenvalue weighted by Gasteiger charge is 2.32. The van der Waals surface area contributed by atoms with Crippen molar-refractivity contribution in [3.05, 3.63) is 35.9 Å². The molecule has 8 nitrogen and oxygen atoms in total. The lowest BCUT2D eigenvalue weighted by Gasteiger charge is -2.31. The van der Waals surface area contributed by atoms with Crippen LogP contribution >= 0.6 is 0 Å². The van der Waals surface area contributed by atoms with Crippen molar-refractivity contribution in [3.63, 3.8) is 0 Å². The molecular weight excluding hydrogens is 290 g/mol. The average Bonchev–Trinajstić information content (AvgIpc) is 2.53. The van der Waals surface area contributed by atoms with Gasteiger partial charge in [0, 0.05) is 13.1 Å². The van der Waals surface area contributed by atoms with Gasteiger partial charge in [0.05, 0.1) is 0 Å². The number of carbonyl (C=O) groups excluding carboxylic acids is 3. The Hall–Kier alpha value is -2.90. The molecule has 1 aromatic rings. The topological polar surface area (TPSA) is 107 Å². The van der Waals surface area contributed by atoms with E-state index in [1.807, 2.05) is 0 Å². The number of carboxylic acid groups (broad SMARTS) is 1. The molecule has 0 aromatic heterocycles. The van der Waals surface area contributed by atoms with Gasteiger partial charge in [0.15, 0.2) is 6.04 Å². The number of nitrogens with one attached hydrogen (secondary N) is 1. The van der Waals surface area contributed by atoms with E-state index in [2.05, 4.69) is 5.32 Å². The fourth-order valence-electron chi connectivity index (χ4n) is 2.17. The van der Waals surface area contributed by atoms with Crippen LogP contribution in [0.5, 0.6) is 0 Å². The van der Waals surface area contributed by atoms with Crippen LogP contribution in [0.2, 0.25) is 0 Å². The van der Waals surface area contributed by atoms with Crippen molar-refractivity contribution in [2.75, 3.05) is 13.1 Å². The van der Waals surface area contributed by atoms with Gasteiger partial charge in [0.1, 0.15) is 0 Å². The van der Waals surface area contributed by atoms with Crippen molar-refractivity contribution in [3.8, 4) is 0 Å². The van der Waals surface area contributed by atoms with Gasteiger partial charge in [0.2, 0.25) is 6.41 Å². The van der Waals surface area contributed by atoms with Gasteiger partial charge in [-0.25, -0.2) is 19.3 Å². The van der Waals surface area contributed by atoms with Crippen LogP contribution in [0.25, 0.3) is 0 Å². The van der Waals surface area contributed by atoms with Gasteiger partial charge in [-0.3, -0.25) is 9.69 Å².